The Morgan fingerprint density at radius 2 is 1.88 bits per heavy atom. The van der Waals surface area contributed by atoms with E-state index in [9.17, 15) is 4.79 Å². The van der Waals surface area contributed by atoms with Crippen LogP contribution >= 0.6 is 15.9 Å². The van der Waals surface area contributed by atoms with E-state index in [1.165, 1.54) is 12.8 Å². The molecule has 1 saturated carbocycles. The number of amides is 1. The van der Waals surface area contributed by atoms with E-state index < -0.39 is 0 Å². The summed E-state index contributed by atoms with van der Waals surface area (Å²) in [5.41, 5.74) is 3.37. The van der Waals surface area contributed by atoms with Gasteiger partial charge in [0.1, 0.15) is 0 Å². The summed E-state index contributed by atoms with van der Waals surface area (Å²) in [5, 5.41) is 4.02. The summed E-state index contributed by atoms with van der Waals surface area (Å²) >= 11 is 3.51. The van der Waals surface area contributed by atoms with Gasteiger partial charge in [0.25, 0.3) is 5.91 Å². The summed E-state index contributed by atoms with van der Waals surface area (Å²) in [6, 6.07) is 5.96. The monoisotopic (exact) mass is 295 g/mol. The molecular weight excluding hydrogens is 278 g/mol. The molecule has 1 aliphatic rings. The van der Waals surface area contributed by atoms with Gasteiger partial charge in [-0.15, -0.1) is 0 Å². The molecule has 1 N–H and O–H groups in total. The van der Waals surface area contributed by atoms with Gasteiger partial charge in [-0.25, -0.2) is 0 Å². The van der Waals surface area contributed by atoms with Crippen LogP contribution in [0.1, 0.15) is 34.3 Å². The Hall–Kier alpha value is -0.830. The number of nitrogens with one attached hydrogen (secondary N) is 1. The van der Waals surface area contributed by atoms with Crippen molar-refractivity contribution in [2.75, 3.05) is 11.9 Å². The standard InChI is InChI=1S/C14H18BrNO/c1-10-5-11(2)7-12(6-10)13(17)16-9-14(8-15)3-4-14/h5-7H,3-4,8-9H2,1-2H3,(H,16,17). The lowest BCUT2D eigenvalue weighted by atomic mass is 10.1. The maximum absolute atomic E-state index is 12.0. The smallest absolute Gasteiger partial charge is 0.251 e. The minimum absolute atomic E-state index is 0.0454. The van der Waals surface area contributed by atoms with Gasteiger partial charge >= 0.3 is 0 Å². The van der Waals surface area contributed by atoms with E-state index in [1.807, 2.05) is 26.0 Å². The molecule has 0 heterocycles. The van der Waals surface area contributed by atoms with Gasteiger partial charge in [-0.1, -0.05) is 33.1 Å². The summed E-state index contributed by atoms with van der Waals surface area (Å²) < 4.78 is 0. The van der Waals surface area contributed by atoms with Crippen LogP contribution in [0.2, 0.25) is 0 Å². The number of carbonyl (C=O) groups is 1. The van der Waals surface area contributed by atoms with E-state index in [-0.39, 0.29) is 5.91 Å². The molecule has 0 spiro atoms. The molecule has 1 fully saturated rings. The number of alkyl halides is 1. The van der Waals surface area contributed by atoms with Crippen molar-refractivity contribution in [3.05, 3.63) is 34.9 Å². The van der Waals surface area contributed by atoms with Crippen LogP contribution in [0, 0.1) is 19.3 Å². The molecule has 0 bridgehead atoms. The minimum atomic E-state index is 0.0454. The fraction of sp³-hybridized carbons (Fsp3) is 0.500. The highest BCUT2D eigenvalue weighted by Crippen LogP contribution is 2.46. The molecule has 0 aliphatic heterocycles. The fourth-order valence-corrected chi connectivity index (χ4v) is 2.77. The van der Waals surface area contributed by atoms with Crippen LogP contribution in [0.3, 0.4) is 0 Å². The first kappa shape index (κ1) is 12.6. The second kappa shape index (κ2) is 4.81. The van der Waals surface area contributed by atoms with E-state index in [0.29, 0.717) is 5.41 Å². The Bertz CT molecular complexity index is 418. The van der Waals surface area contributed by atoms with Gasteiger partial charge in [0.05, 0.1) is 0 Å². The quantitative estimate of drug-likeness (QED) is 0.849. The average Bonchev–Trinajstić information content (AvgIpc) is 3.05. The number of halogens is 1. The molecule has 17 heavy (non-hydrogen) atoms. The minimum Gasteiger partial charge on any atom is -0.351 e. The van der Waals surface area contributed by atoms with Gasteiger partial charge in [-0.2, -0.15) is 0 Å². The van der Waals surface area contributed by atoms with E-state index in [1.54, 1.807) is 0 Å². The van der Waals surface area contributed by atoms with E-state index in [4.69, 9.17) is 0 Å². The highest BCUT2D eigenvalue weighted by molar-refractivity contribution is 9.09. The largest absolute Gasteiger partial charge is 0.351 e. The summed E-state index contributed by atoms with van der Waals surface area (Å²) in [6.07, 6.45) is 2.43. The van der Waals surface area contributed by atoms with Crippen LogP contribution < -0.4 is 5.32 Å². The molecular formula is C14H18BrNO. The van der Waals surface area contributed by atoms with E-state index in [0.717, 1.165) is 28.6 Å². The summed E-state index contributed by atoms with van der Waals surface area (Å²) in [6.45, 7) is 4.82. The summed E-state index contributed by atoms with van der Waals surface area (Å²) in [7, 11) is 0. The first-order valence-corrected chi connectivity index (χ1v) is 7.09. The Morgan fingerprint density at radius 3 is 2.35 bits per heavy atom. The van der Waals surface area contributed by atoms with Gasteiger partial charge < -0.3 is 5.32 Å². The second-order valence-corrected chi connectivity index (χ2v) is 5.75. The molecule has 1 aromatic rings. The van der Waals surface area contributed by atoms with Crippen molar-refractivity contribution in [1.82, 2.24) is 5.32 Å². The maximum atomic E-state index is 12.0. The highest BCUT2D eigenvalue weighted by Gasteiger charge is 2.41. The van der Waals surface area contributed by atoms with Gasteiger partial charge in [0.15, 0.2) is 0 Å². The van der Waals surface area contributed by atoms with Crippen molar-refractivity contribution in [2.24, 2.45) is 5.41 Å². The Labute approximate surface area is 111 Å². The van der Waals surface area contributed by atoms with Gasteiger partial charge in [0, 0.05) is 17.4 Å². The van der Waals surface area contributed by atoms with Crippen molar-refractivity contribution in [3.8, 4) is 0 Å². The zero-order valence-corrected chi connectivity index (χ0v) is 11.9. The predicted octanol–water partition coefficient (Wildman–Crippen LogP) is 3.21. The number of rotatable bonds is 4. The third kappa shape index (κ3) is 3.09. The third-order valence-corrected chi connectivity index (χ3v) is 4.54. The van der Waals surface area contributed by atoms with Crippen LogP contribution in [0.5, 0.6) is 0 Å². The summed E-state index contributed by atoms with van der Waals surface area (Å²) in [4.78, 5) is 12.0. The lowest BCUT2D eigenvalue weighted by Gasteiger charge is -2.13. The third-order valence-electron chi connectivity index (χ3n) is 3.35. The normalized spacial score (nSPS) is 16.6. The lowest BCUT2D eigenvalue weighted by Crippen LogP contribution is -2.31. The molecule has 1 amide bonds. The van der Waals surface area contributed by atoms with Crippen molar-refractivity contribution >= 4 is 21.8 Å². The number of hydrogen-bond donors (Lipinski definition) is 1. The second-order valence-electron chi connectivity index (χ2n) is 5.19. The maximum Gasteiger partial charge on any atom is 0.251 e. The molecule has 1 aliphatic carbocycles. The van der Waals surface area contributed by atoms with Crippen molar-refractivity contribution < 1.29 is 4.79 Å². The highest BCUT2D eigenvalue weighted by atomic mass is 79.9. The lowest BCUT2D eigenvalue weighted by molar-refractivity contribution is 0.0946. The van der Waals surface area contributed by atoms with Crippen LogP contribution in [-0.4, -0.2) is 17.8 Å². The van der Waals surface area contributed by atoms with Gasteiger partial charge in [-0.05, 0) is 44.2 Å². The Kier molecular flexibility index (Phi) is 3.57. The fourth-order valence-electron chi connectivity index (χ4n) is 2.01. The zero-order chi connectivity index (χ0) is 12.5. The SMILES string of the molecule is Cc1cc(C)cc(C(=O)NCC2(CBr)CC2)c1. The Balaban J connectivity index is 1.99. The van der Waals surface area contributed by atoms with Crippen LogP contribution in [0.15, 0.2) is 18.2 Å². The number of carbonyl (C=O) groups excluding carboxylic acids is 1. The first-order valence-electron chi connectivity index (χ1n) is 5.97. The molecule has 3 heteroatoms. The average molecular weight is 296 g/mol. The predicted molar refractivity (Wildman–Crippen MR) is 73.7 cm³/mol. The first-order chi connectivity index (χ1) is 8.04. The van der Waals surface area contributed by atoms with Crippen molar-refractivity contribution in [2.45, 2.75) is 26.7 Å². The molecule has 0 atom stereocenters. The topological polar surface area (TPSA) is 29.1 Å². The van der Waals surface area contributed by atoms with Crippen molar-refractivity contribution in [3.63, 3.8) is 0 Å². The summed E-state index contributed by atoms with van der Waals surface area (Å²) in [5.74, 6) is 0.0454. The molecule has 0 saturated heterocycles. The molecule has 0 unspecified atom stereocenters. The number of benzene rings is 1. The van der Waals surface area contributed by atoms with Gasteiger partial charge in [0.2, 0.25) is 0 Å². The van der Waals surface area contributed by atoms with Gasteiger partial charge in [-0.3, -0.25) is 4.79 Å². The van der Waals surface area contributed by atoms with E-state index >= 15 is 0 Å². The molecule has 0 aromatic heterocycles. The molecule has 2 rings (SSSR count). The Morgan fingerprint density at radius 1 is 1.29 bits per heavy atom. The molecule has 92 valence electrons. The zero-order valence-electron chi connectivity index (χ0n) is 10.3. The number of aryl methyl sites for hydroxylation is 2. The van der Waals surface area contributed by atoms with Crippen molar-refractivity contribution in [1.29, 1.82) is 0 Å². The van der Waals surface area contributed by atoms with Crippen LogP contribution in [-0.2, 0) is 0 Å². The van der Waals surface area contributed by atoms with E-state index in [2.05, 4.69) is 27.3 Å². The van der Waals surface area contributed by atoms with Crippen LogP contribution in [0.25, 0.3) is 0 Å². The molecule has 2 nitrogen and oxygen atoms in total. The molecule has 1 aromatic carbocycles. The molecule has 0 radical (unpaired) electrons. The van der Waals surface area contributed by atoms with Crippen LogP contribution in [0.4, 0.5) is 0 Å². The number of hydrogen-bond acceptors (Lipinski definition) is 1.